The molecule has 0 heterocycles. The number of nitrogens with zero attached hydrogens (tertiary/aromatic N) is 1. The molecule has 17 heavy (non-hydrogen) atoms. The molecule has 0 amide bonds. The molecule has 1 rings (SSSR count). The predicted octanol–water partition coefficient (Wildman–Crippen LogP) is 1.80. The Morgan fingerprint density at radius 3 is 2.76 bits per heavy atom. The van der Waals surface area contributed by atoms with Gasteiger partial charge in [0.2, 0.25) is 0 Å². The molecule has 4 heteroatoms. The lowest BCUT2D eigenvalue weighted by Gasteiger charge is -2.10. The number of benzene rings is 1. The molecule has 1 aromatic carbocycles. The first-order valence-electron chi connectivity index (χ1n) is 5.59. The van der Waals surface area contributed by atoms with Crippen molar-refractivity contribution in [1.82, 2.24) is 4.90 Å². The number of rotatable bonds is 6. The van der Waals surface area contributed by atoms with Gasteiger partial charge in [-0.05, 0) is 38.7 Å². The van der Waals surface area contributed by atoms with Crippen LogP contribution in [0.1, 0.15) is 16.8 Å². The largest absolute Gasteiger partial charge is 0.494 e. The molecule has 0 unspecified atom stereocenters. The van der Waals surface area contributed by atoms with E-state index < -0.39 is 0 Å². The van der Waals surface area contributed by atoms with Crippen LogP contribution in [0.3, 0.4) is 0 Å². The van der Waals surface area contributed by atoms with E-state index in [0.717, 1.165) is 13.0 Å². The summed E-state index contributed by atoms with van der Waals surface area (Å²) in [5.41, 5.74) is 0.512. The first-order valence-corrected chi connectivity index (χ1v) is 5.59. The van der Waals surface area contributed by atoms with Crippen molar-refractivity contribution in [3.63, 3.8) is 0 Å². The highest BCUT2D eigenvalue weighted by Gasteiger charge is 2.05. The van der Waals surface area contributed by atoms with Crippen molar-refractivity contribution in [2.24, 2.45) is 0 Å². The van der Waals surface area contributed by atoms with Crippen molar-refractivity contribution in [1.29, 1.82) is 0 Å². The summed E-state index contributed by atoms with van der Waals surface area (Å²) in [5.74, 6) is 0.357. The Bertz CT molecular complexity index is 363. The second kappa shape index (κ2) is 6.91. The van der Waals surface area contributed by atoms with Gasteiger partial charge in [0.05, 0.1) is 19.3 Å². The van der Waals surface area contributed by atoms with Gasteiger partial charge in [-0.1, -0.05) is 6.07 Å². The summed E-state index contributed by atoms with van der Waals surface area (Å²) in [7, 11) is 5.42. The van der Waals surface area contributed by atoms with E-state index >= 15 is 0 Å². The van der Waals surface area contributed by atoms with Gasteiger partial charge in [0, 0.05) is 6.54 Å². The van der Waals surface area contributed by atoms with Crippen LogP contribution >= 0.6 is 0 Å². The maximum atomic E-state index is 11.3. The van der Waals surface area contributed by atoms with Gasteiger partial charge in [-0.15, -0.1) is 0 Å². The van der Waals surface area contributed by atoms with Crippen molar-refractivity contribution in [2.75, 3.05) is 34.4 Å². The van der Waals surface area contributed by atoms with Gasteiger partial charge in [0.1, 0.15) is 5.75 Å². The van der Waals surface area contributed by atoms with Gasteiger partial charge in [-0.2, -0.15) is 0 Å². The quantitative estimate of drug-likeness (QED) is 0.558. The normalized spacial score (nSPS) is 10.4. The second-order valence-electron chi connectivity index (χ2n) is 4.02. The van der Waals surface area contributed by atoms with Crippen LogP contribution in [-0.2, 0) is 4.74 Å². The summed E-state index contributed by atoms with van der Waals surface area (Å²) in [6.45, 7) is 1.62. The van der Waals surface area contributed by atoms with Crippen molar-refractivity contribution in [3.05, 3.63) is 29.8 Å². The molecular weight excluding hydrogens is 218 g/mol. The topological polar surface area (TPSA) is 38.8 Å². The molecule has 0 aromatic heterocycles. The number of methoxy groups -OCH3 is 1. The minimum absolute atomic E-state index is 0.344. The molecule has 0 bridgehead atoms. The zero-order chi connectivity index (χ0) is 12.7. The maximum Gasteiger partial charge on any atom is 0.337 e. The van der Waals surface area contributed by atoms with E-state index in [-0.39, 0.29) is 5.97 Å². The number of hydrogen-bond acceptors (Lipinski definition) is 4. The highest BCUT2D eigenvalue weighted by Crippen LogP contribution is 2.14. The fourth-order valence-electron chi connectivity index (χ4n) is 1.40. The van der Waals surface area contributed by atoms with Crippen molar-refractivity contribution in [2.45, 2.75) is 6.42 Å². The fourth-order valence-corrected chi connectivity index (χ4v) is 1.40. The predicted molar refractivity (Wildman–Crippen MR) is 66.4 cm³/mol. The number of esters is 1. The molecular formula is C13H19NO3. The lowest BCUT2D eigenvalue weighted by Crippen LogP contribution is -2.15. The number of hydrogen-bond donors (Lipinski definition) is 0. The standard InChI is InChI=1S/C13H19NO3/c1-14(2)8-5-9-17-12-7-4-6-11(10-12)13(15)16-3/h4,6-7,10H,5,8-9H2,1-3H3. The van der Waals surface area contributed by atoms with E-state index in [1.54, 1.807) is 18.2 Å². The summed E-state index contributed by atoms with van der Waals surface area (Å²) in [4.78, 5) is 13.4. The summed E-state index contributed by atoms with van der Waals surface area (Å²) >= 11 is 0. The third kappa shape index (κ3) is 4.87. The number of carbonyl (C=O) groups excluding carboxylic acids is 1. The van der Waals surface area contributed by atoms with Gasteiger partial charge in [-0.25, -0.2) is 4.79 Å². The first kappa shape index (κ1) is 13.5. The minimum Gasteiger partial charge on any atom is -0.494 e. The van der Waals surface area contributed by atoms with Gasteiger partial charge in [0.25, 0.3) is 0 Å². The highest BCUT2D eigenvalue weighted by molar-refractivity contribution is 5.89. The summed E-state index contributed by atoms with van der Waals surface area (Å²) in [6, 6.07) is 7.02. The monoisotopic (exact) mass is 237 g/mol. The Morgan fingerprint density at radius 1 is 1.35 bits per heavy atom. The van der Waals surface area contributed by atoms with Crippen LogP contribution in [0.4, 0.5) is 0 Å². The van der Waals surface area contributed by atoms with Gasteiger partial charge >= 0.3 is 5.97 Å². The smallest absolute Gasteiger partial charge is 0.337 e. The van der Waals surface area contributed by atoms with Crippen LogP contribution in [0, 0.1) is 0 Å². The van der Waals surface area contributed by atoms with E-state index in [1.165, 1.54) is 7.11 Å². The van der Waals surface area contributed by atoms with E-state index in [1.807, 2.05) is 20.2 Å². The Balaban J connectivity index is 2.46. The lowest BCUT2D eigenvalue weighted by atomic mass is 10.2. The van der Waals surface area contributed by atoms with Crippen molar-refractivity contribution >= 4 is 5.97 Å². The third-order valence-corrected chi connectivity index (χ3v) is 2.27. The van der Waals surface area contributed by atoms with Gasteiger partial charge in [0.15, 0.2) is 0 Å². The molecule has 0 spiro atoms. The van der Waals surface area contributed by atoms with Crippen LogP contribution in [0.5, 0.6) is 5.75 Å². The first-order chi connectivity index (χ1) is 8.13. The second-order valence-corrected chi connectivity index (χ2v) is 4.02. The molecule has 0 N–H and O–H groups in total. The molecule has 0 saturated carbocycles. The molecule has 0 radical (unpaired) electrons. The minimum atomic E-state index is -0.344. The fraction of sp³-hybridized carbons (Fsp3) is 0.462. The Hall–Kier alpha value is -1.55. The zero-order valence-corrected chi connectivity index (χ0v) is 10.6. The summed E-state index contributed by atoms with van der Waals surface area (Å²) in [5, 5.41) is 0. The molecule has 94 valence electrons. The van der Waals surface area contributed by atoms with E-state index in [4.69, 9.17) is 4.74 Å². The van der Waals surface area contributed by atoms with Crippen LogP contribution in [0.15, 0.2) is 24.3 Å². The lowest BCUT2D eigenvalue weighted by molar-refractivity contribution is 0.0600. The van der Waals surface area contributed by atoms with E-state index in [9.17, 15) is 4.79 Å². The summed E-state index contributed by atoms with van der Waals surface area (Å²) in [6.07, 6.45) is 0.954. The average Bonchev–Trinajstić information content (AvgIpc) is 2.34. The number of ether oxygens (including phenoxy) is 2. The summed E-state index contributed by atoms with van der Waals surface area (Å²) < 4.78 is 10.2. The van der Waals surface area contributed by atoms with Crippen LogP contribution in [0.2, 0.25) is 0 Å². The molecule has 1 aromatic rings. The number of carbonyl (C=O) groups is 1. The van der Waals surface area contributed by atoms with Gasteiger partial charge in [-0.3, -0.25) is 0 Å². The van der Waals surface area contributed by atoms with Crippen LogP contribution < -0.4 is 4.74 Å². The Labute approximate surface area is 102 Å². The van der Waals surface area contributed by atoms with Crippen molar-refractivity contribution < 1.29 is 14.3 Å². The maximum absolute atomic E-state index is 11.3. The van der Waals surface area contributed by atoms with Crippen LogP contribution in [0.25, 0.3) is 0 Å². The van der Waals surface area contributed by atoms with E-state index in [0.29, 0.717) is 17.9 Å². The van der Waals surface area contributed by atoms with Crippen molar-refractivity contribution in [3.8, 4) is 5.75 Å². The molecule has 4 nitrogen and oxygen atoms in total. The van der Waals surface area contributed by atoms with Crippen LogP contribution in [-0.4, -0.2) is 45.2 Å². The molecule has 0 fully saturated rings. The highest BCUT2D eigenvalue weighted by atomic mass is 16.5. The third-order valence-electron chi connectivity index (χ3n) is 2.27. The molecule has 0 aliphatic carbocycles. The average molecular weight is 237 g/mol. The molecule has 0 aliphatic rings. The SMILES string of the molecule is COC(=O)c1cccc(OCCCN(C)C)c1. The van der Waals surface area contributed by atoms with Gasteiger partial charge < -0.3 is 14.4 Å². The Kier molecular flexibility index (Phi) is 5.49. The molecule has 0 saturated heterocycles. The zero-order valence-electron chi connectivity index (χ0n) is 10.6. The Morgan fingerprint density at radius 2 is 2.12 bits per heavy atom. The molecule has 0 aliphatic heterocycles. The molecule has 0 atom stereocenters. The van der Waals surface area contributed by atoms with E-state index in [2.05, 4.69) is 9.64 Å².